The Kier molecular flexibility index (Phi) is 3.95. The summed E-state index contributed by atoms with van der Waals surface area (Å²) in [6.07, 6.45) is 5.32. The highest BCUT2D eigenvalue weighted by atomic mass is 32.2. The van der Waals surface area contributed by atoms with Gasteiger partial charge in [0.1, 0.15) is 0 Å². The number of nitrogens with one attached hydrogen (secondary N) is 1. The standard InChI is InChI=1S/C16H23NS/c1-12(17-10-13-7-8-18-11-13)15-6-5-14-3-2-4-16(14)9-15/h5-6,9,12-13,17H,2-4,7-8,10-11H2,1H3. The summed E-state index contributed by atoms with van der Waals surface area (Å²) in [4.78, 5) is 0. The van der Waals surface area contributed by atoms with Gasteiger partial charge in [-0.25, -0.2) is 0 Å². The zero-order valence-electron chi connectivity index (χ0n) is 11.2. The van der Waals surface area contributed by atoms with Gasteiger partial charge in [-0.2, -0.15) is 11.8 Å². The molecule has 2 aliphatic rings. The maximum Gasteiger partial charge on any atom is 0.0292 e. The molecule has 0 amide bonds. The van der Waals surface area contributed by atoms with Crippen molar-refractivity contribution in [1.82, 2.24) is 5.32 Å². The Balaban J connectivity index is 1.59. The van der Waals surface area contributed by atoms with E-state index in [2.05, 4.69) is 42.2 Å². The van der Waals surface area contributed by atoms with Crippen LogP contribution in [0.2, 0.25) is 0 Å². The molecule has 2 heteroatoms. The molecule has 2 atom stereocenters. The quantitative estimate of drug-likeness (QED) is 0.889. The monoisotopic (exact) mass is 261 g/mol. The Morgan fingerprint density at radius 2 is 2.22 bits per heavy atom. The number of hydrogen-bond acceptors (Lipinski definition) is 2. The summed E-state index contributed by atoms with van der Waals surface area (Å²) in [6, 6.07) is 7.61. The molecule has 1 saturated heterocycles. The van der Waals surface area contributed by atoms with E-state index in [4.69, 9.17) is 0 Å². The van der Waals surface area contributed by atoms with Gasteiger partial charge in [0.05, 0.1) is 0 Å². The first kappa shape index (κ1) is 12.6. The van der Waals surface area contributed by atoms with Gasteiger partial charge >= 0.3 is 0 Å². The predicted octanol–water partition coefficient (Wildman–Crippen LogP) is 3.58. The topological polar surface area (TPSA) is 12.0 Å². The lowest BCUT2D eigenvalue weighted by Crippen LogP contribution is -2.25. The fourth-order valence-electron chi connectivity index (χ4n) is 3.07. The van der Waals surface area contributed by atoms with Crippen LogP contribution in [0.1, 0.15) is 42.5 Å². The Bertz CT molecular complexity index is 410. The number of aryl methyl sites for hydroxylation is 2. The van der Waals surface area contributed by atoms with E-state index in [9.17, 15) is 0 Å². The Labute approximate surface area is 115 Å². The van der Waals surface area contributed by atoms with Gasteiger partial charge in [-0.3, -0.25) is 0 Å². The second kappa shape index (κ2) is 5.66. The molecule has 1 aromatic carbocycles. The van der Waals surface area contributed by atoms with Crippen LogP contribution in [0.4, 0.5) is 0 Å². The van der Waals surface area contributed by atoms with Gasteiger partial charge in [-0.05, 0) is 73.3 Å². The van der Waals surface area contributed by atoms with Crippen molar-refractivity contribution in [1.29, 1.82) is 0 Å². The smallest absolute Gasteiger partial charge is 0.0292 e. The van der Waals surface area contributed by atoms with Crippen LogP contribution in [-0.4, -0.2) is 18.1 Å². The van der Waals surface area contributed by atoms with Gasteiger partial charge in [0.25, 0.3) is 0 Å². The Hall–Kier alpha value is -0.470. The molecule has 18 heavy (non-hydrogen) atoms. The maximum atomic E-state index is 3.72. The molecule has 1 heterocycles. The summed E-state index contributed by atoms with van der Waals surface area (Å²) < 4.78 is 0. The minimum Gasteiger partial charge on any atom is -0.310 e. The number of benzene rings is 1. The molecule has 0 saturated carbocycles. The van der Waals surface area contributed by atoms with Crippen LogP contribution in [-0.2, 0) is 12.8 Å². The van der Waals surface area contributed by atoms with Crippen molar-refractivity contribution in [3.8, 4) is 0 Å². The molecular formula is C16H23NS. The van der Waals surface area contributed by atoms with E-state index in [-0.39, 0.29) is 0 Å². The SMILES string of the molecule is CC(NCC1CCSC1)c1ccc2c(c1)CCC2. The molecule has 0 radical (unpaired) electrons. The summed E-state index contributed by atoms with van der Waals surface area (Å²) in [5.41, 5.74) is 4.65. The number of rotatable bonds is 4. The van der Waals surface area contributed by atoms with Gasteiger partial charge < -0.3 is 5.32 Å². The molecule has 1 N–H and O–H groups in total. The molecule has 1 aliphatic heterocycles. The summed E-state index contributed by atoms with van der Waals surface area (Å²) in [5, 5.41) is 3.72. The summed E-state index contributed by atoms with van der Waals surface area (Å²) >= 11 is 2.11. The summed E-state index contributed by atoms with van der Waals surface area (Å²) in [5.74, 6) is 3.61. The lowest BCUT2D eigenvalue weighted by molar-refractivity contribution is 0.477. The van der Waals surface area contributed by atoms with E-state index in [1.54, 1.807) is 11.1 Å². The van der Waals surface area contributed by atoms with Crippen molar-refractivity contribution in [3.05, 3.63) is 34.9 Å². The average Bonchev–Trinajstić information content (AvgIpc) is 3.05. The highest BCUT2D eigenvalue weighted by Crippen LogP contribution is 2.26. The molecule has 0 aromatic heterocycles. The average molecular weight is 261 g/mol. The molecule has 98 valence electrons. The predicted molar refractivity (Wildman–Crippen MR) is 80.3 cm³/mol. The normalized spacial score (nSPS) is 24.2. The lowest BCUT2D eigenvalue weighted by atomic mass is 10.0. The molecule has 1 fully saturated rings. The zero-order valence-corrected chi connectivity index (χ0v) is 12.1. The highest BCUT2D eigenvalue weighted by molar-refractivity contribution is 7.99. The third-order valence-electron chi connectivity index (χ3n) is 4.36. The minimum atomic E-state index is 0.501. The van der Waals surface area contributed by atoms with E-state index >= 15 is 0 Å². The van der Waals surface area contributed by atoms with E-state index in [1.807, 2.05) is 0 Å². The van der Waals surface area contributed by atoms with Crippen molar-refractivity contribution in [3.63, 3.8) is 0 Å². The van der Waals surface area contributed by atoms with Crippen LogP contribution in [0.5, 0.6) is 0 Å². The molecule has 1 nitrogen and oxygen atoms in total. The molecule has 2 unspecified atom stereocenters. The largest absolute Gasteiger partial charge is 0.310 e. The van der Waals surface area contributed by atoms with Gasteiger partial charge in [-0.1, -0.05) is 18.2 Å². The molecule has 0 bridgehead atoms. The zero-order chi connectivity index (χ0) is 12.4. The summed E-state index contributed by atoms with van der Waals surface area (Å²) in [6.45, 7) is 3.49. The first-order valence-electron chi connectivity index (χ1n) is 7.26. The van der Waals surface area contributed by atoms with Crippen molar-refractivity contribution in [2.75, 3.05) is 18.1 Å². The van der Waals surface area contributed by atoms with Crippen LogP contribution >= 0.6 is 11.8 Å². The van der Waals surface area contributed by atoms with Crippen LogP contribution in [0.15, 0.2) is 18.2 Å². The van der Waals surface area contributed by atoms with Gasteiger partial charge in [-0.15, -0.1) is 0 Å². The Morgan fingerprint density at radius 3 is 3.06 bits per heavy atom. The third-order valence-corrected chi connectivity index (χ3v) is 5.59. The highest BCUT2D eigenvalue weighted by Gasteiger charge is 2.17. The molecular weight excluding hydrogens is 238 g/mol. The lowest BCUT2D eigenvalue weighted by Gasteiger charge is -2.18. The molecule has 1 aromatic rings. The first-order valence-corrected chi connectivity index (χ1v) is 8.41. The van der Waals surface area contributed by atoms with Gasteiger partial charge in [0.2, 0.25) is 0 Å². The van der Waals surface area contributed by atoms with E-state index in [0.29, 0.717) is 6.04 Å². The third kappa shape index (κ3) is 2.75. The number of fused-ring (bicyclic) bond motifs is 1. The number of hydrogen-bond donors (Lipinski definition) is 1. The fraction of sp³-hybridized carbons (Fsp3) is 0.625. The second-order valence-corrected chi connectivity index (χ2v) is 6.89. The van der Waals surface area contributed by atoms with Crippen molar-refractivity contribution < 1.29 is 0 Å². The fourth-order valence-corrected chi connectivity index (χ4v) is 4.35. The molecule has 0 spiro atoms. The molecule has 1 aliphatic carbocycles. The maximum absolute atomic E-state index is 3.72. The van der Waals surface area contributed by atoms with E-state index in [1.165, 1.54) is 49.3 Å². The summed E-state index contributed by atoms with van der Waals surface area (Å²) in [7, 11) is 0. The van der Waals surface area contributed by atoms with Crippen LogP contribution in [0.3, 0.4) is 0 Å². The minimum absolute atomic E-state index is 0.501. The number of thioether (sulfide) groups is 1. The van der Waals surface area contributed by atoms with E-state index in [0.717, 1.165) is 5.92 Å². The van der Waals surface area contributed by atoms with Gasteiger partial charge in [0, 0.05) is 6.04 Å². The van der Waals surface area contributed by atoms with Crippen molar-refractivity contribution in [2.24, 2.45) is 5.92 Å². The molecule has 3 rings (SSSR count). The van der Waals surface area contributed by atoms with E-state index < -0.39 is 0 Å². The van der Waals surface area contributed by atoms with Crippen molar-refractivity contribution >= 4 is 11.8 Å². The van der Waals surface area contributed by atoms with Crippen LogP contribution in [0, 0.1) is 5.92 Å². The van der Waals surface area contributed by atoms with Crippen molar-refractivity contribution in [2.45, 2.75) is 38.6 Å². The second-order valence-electron chi connectivity index (χ2n) is 5.74. The van der Waals surface area contributed by atoms with Gasteiger partial charge in [0.15, 0.2) is 0 Å². The van der Waals surface area contributed by atoms with Crippen LogP contribution in [0.25, 0.3) is 0 Å². The van der Waals surface area contributed by atoms with Crippen LogP contribution < -0.4 is 5.32 Å². The first-order chi connectivity index (χ1) is 8.83. The Morgan fingerprint density at radius 1 is 1.33 bits per heavy atom.